The third-order valence-electron chi connectivity index (χ3n) is 7.09. The van der Waals surface area contributed by atoms with E-state index in [9.17, 15) is 5.11 Å². The van der Waals surface area contributed by atoms with E-state index in [0.717, 1.165) is 36.5 Å². The largest absolute Gasteiger partial charge is 0.497 e. The van der Waals surface area contributed by atoms with Gasteiger partial charge in [0.1, 0.15) is 30.0 Å². The van der Waals surface area contributed by atoms with Crippen LogP contribution in [0.3, 0.4) is 0 Å². The topological polar surface area (TPSA) is 60.0 Å². The first-order valence-electron chi connectivity index (χ1n) is 12.5. The molecule has 3 aromatic carbocycles. The molecule has 3 aromatic rings. The van der Waals surface area contributed by atoms with E-state index in [1.807, 2.05) is 54.6 Å². The van der Waals surface area contributed by atoms with Crippen LogP contribution in [-0.2, 0) is 0 Å². The molecule has 35 heavy (non-hydrogen) atoms. The molecular weight excluding hydrogens is 438 g/mol. The second-order valence-electron chi connectivity index (χ2n) is 9.45. The third kappa shape index (κ3) is 6.77. The maximum absolute atomic E-state index is 10.7. The summed E-state index contributed by atoms with van der Waals surface area (Å²) in [5, 5.41) is 14.4. The van der Waals surface area contributed by atoms with Gasteiger partial charge in [-0.2, -0.15) is 0 Å². The minimum Gasteiger partial charge on any atom is -0.497 e. The number of nitrogens with one attached hydrogen (secondary N) is 1. The Bertz CT molecular complexity index is 967. The van der Waals surface area contributed by atoms with Crippen LogP contribution in [0.25, 0.3) is 0 Å². The summed E-state index contributed by atoms with van der Waals surface area (Å²) >= 11 is 0. The van der Waals surface area contributed by atoms with Crippen molar-refractivity contribution in [3.05, 3.63) is 90.0 Å². The first-order valence-corrected chi connectivity index (χ1v) is 12.5. The molecule has 5 nitrogen and oxygen atoms in total. The molecule has 0 heterocycles. The molecule has 5 heteroatoms. The molecule has 0 spiro atoms. The number of hydrogen-bond donors (Lipinski definition) is 2. The molecule has 0 aromatic heterocycles. The van der Waals surface area contributed by atoms with E-state index < -0.39 is 6.10 Å². The van der Waals surface area contributed by atoms with Gasteiger partial charge in [0.05, 0.1) is 14.2 Å². The van der Waals surface area contributed by atoms with Crippen molar-refractivity contribution in [3.8, 4) is 17.2 Å². The SMILES string of the molecule is COc1ccc(C(CC2(NCC(O)COc3ccccc3)CCCC2)c2ccc(OC)cc2)cc1. The van der Waals surface area contributed by atoms with Gasteiger partial charge in [-0.15, -0.1) is 0 Å². The molecule has 1 saturated carbocycles. The van der Waals surface area contributed by atoms with Crippen LogP contribution in [0.2, 0.25) is 0 Å². The lowest BCUT2D eigenvalue weighted by Crippen LogP contribution is -2.48. The van der Waals surface area contributed by atoms with Gasteiger partial charge in [0.2, 0.25) is 0 Å². The number of hydrogen-bond acceptors (Lipinski definition) is 5. The Kier molecular flexibility index (Phi) is 8.67. The maximum Gasteiger partial charge on any atom is 0.119 e. The Morgan fingerprint density at radius 2 is 1.31 bits per heavy atom. The van der Waals surface area contributed by atoms with Crippen molar-refractivity contribution in [1.29, 1.82) is 0 Å². The van der Waals surface area contributed by atoms with E-state index in [1.54, 1.807) is 14.2 Å². The lowest BCUT2D eigenvalue weighted by molar-refractivity contribution is 0.0949. The van der Waals surface area contributed by atoms with Crippen LogP contribution in [0.15, 0.2) is 78.9 Å². The number of β-amino-alcohol motifs (C(OH)–C–C–N with tert-alkyl or cyclic N) is 1. The first kappa shape index (κ1) is 25.1. The highest BCUT2D eigenvalue weighted by atomic mass is 16.5. The standard InChI is InChI=1S/C30H37NO4/c1-33-26-14-10-23(11-15-26)29(24-12-16-27(34-2)17-13-24)20-30(18-6-7-19-30)31-21-25(32)22-35-28-8-4-3-5-9-28/h3-5,8-17,25,29,31-32H,6-7,18-22H2,1-2H3. The third-order valence-corrected chi connectivity index (χ3v) is 7.09. The number of rotatable bonds is 12. The van der Waals surface area contributed by atoms with Crippen LogP contribution in [0.4, 0.5) is 0 Å². The summed E-state index contributed by atoms with van der Waals surface area (Å²) in [6.45, 7) is 0.776. The van der Waals surface area contributed by atoms with E-state index in [1.165, 1.54) is 24.0 Å². The zero-order valence-electron chi connectivity index (χ0n) is 20.8. The van der Waals surface area contributed by atoms with E-state index in [2.05, 4.69) is 29.6 Å². The van der Waals surface area contributed by atoms with Crippen molar-refractivity contribution in [2.24, 2.45) is 0 Å². The molecule has 0 bridgehead atoms. The molecule has 1 aliphatic carbocycles. The summed E-state index contributed by atoms with van der Waals surface area (Å²) < 4.78 is 16.5. The Morgan fingerprint density at radius 1 is 0.771 bits per heavy atom. The summed E-state index contributed by atoms with van der Waals surface area (Å²) in [5.74, 6) is 2.71. The fourth-order valence-corrected chi connectivity index (χ4v) is 5.10. The first-order chi connectivity index (χ1) is 17.1. The molecule has 0 saturated heterocycles. The van der Waals surface area contributed by atoms with Gasteiger partial charge in [-0.25, -0.2) is 0 Å². The van der Waals surface area contributed by atoms with Crippen molar-refractivity contribution in [2.75, 3.05) is 27.4 Å². The Hall–Kier alpha value is -3.02. The van der Waals surface area contributed by atoms with Crippen LogP contribution in [0, 0.1) is 0 Å². The molecule has 1 fully saturated rings. The molecular formula is C30H37NO4. The molecule has 0 amide bonds. The van der Waals surface area contributed by atoms with Gasteiger partial charge in [-0.1, -0.05) is 55.3 Å². The lowest BCUT2D eigenvalue weighted by Gasteiger charge is -2.36. The minimum absolute atomic E-state index is 0.0295. The zero-order chi connectivity index (χ0) is 24.5. The van der Waals surface area contributed by atoms with Crippen LogP contribution >= 0.6 is 0 Å². The average molecular weight is 476 g/mol. The van der Waals surface area contributed by atoms with E-state index >= 15 is 0 Å². The summed E-state index contributed by atoms with van der Waals surface area (Å²) in [7, 11) is 3.39. The quantitative estimate of drug-likeness (QED) is 0.359. The molecule has 186 valence electrons. The van der Waals surface area contributed by atoms with Gasteiger partial charge in [0.25, 0.3) is 0 Å². The molecule has 0 radical (unpaired) electrons. The number of aliphatic hydroxyl groups is 1. The molecule has 1 unspecified atom stereocenters. The van der Waals surface area contributed by atoms with Gasteiger partial charge in [0.15, 0.2) is 0 Å². The van der Waals surface area contributed by atoms with Crippen molar-refractivity contribution in [1.82, 2.24) is 5.32 Å². The molecule has 1 aliphatic rings. The lowest BCUT2D eigenvalue weighted by atomic mass is 9.78. The molecule has 1 atom stereocenters. The van der Waals surface area contributed by atoms with Crippen molar-refractivity contribution >= 4 is 0 Å². The number of aliphatic hydroxyl groups excluding tert-OH is 1. The highest BCUT2D eigenvalue weighted by Crippen LogP contribution is 2.41. The zero-order valence-corrected chi connectivity index (χ0v) is 20.8. The number of ether oxygens (including phenoxy) is 3. The van der Waals surface area contributed by atoms with Crippen LogP contribution < -0.4 is 19.5 Å². The Balaban J connectivity index is 1.49. The number of para-hydroxylation sites is 1. The normalized spacial score (nSPS) is 15.7. The Morgan fingerprint density at radius 3 is 1.83 bits per heavy atom. The second-order valence-corrected chi connectivity index (χ2v) is 9.45. The monoisotopic (exact) mass is 475 g/mol. The highest BCUT2D eigenvalue weighted by molar-refractivity contribution is 5.39. The van der Waals surface area contributed by atoms with Crippen LogP contribution in [0.5, 0.6) is 17.2 Å². The van der Waals surface area contributed by atoms with Crippen LogP contribution in [-0.4, -0.2) is 44.1 Å². The van der Waals surface area contributed by atoms with Gasteiger partial charge < -0.3 is 24.6 Å². The number of methoxy groups -OCH3 is 2. The van der Waals surface area contributed by atoms with Crippen LogP contribution in [0.1, 0.15) is 49.1 Å². The summed E-state index contributed by atoms with van der Waals surface area (Å²) in [6, 6.07) is 26.4. The van der Waals surface area contributed by atoms with Gasteiger partial charge >= 0.3 is 0 Å². The van der Waals surface area contributed by atoms with Gasteiger partial charge in [-0.3, -0.25) is 0 Å². The summed E-state index contributed by atoms with van der Waals surface area (Å²) in [6.07, 6.45) is 4.97. The van der Waals surface area contributed by atoms with E-state index in [0.29, 0.717) is 6.54 Å². The highest BCUT2D eigenvalue weighted by Gasteiger charge is 2.37. The van der Waals surface area contributed by atoms with Crippen molar-refractivity contribution < 1.29 is 19.3 Å². The number of benzene rings is 3. The summed E-state index contributed by atoms with van der Waals surface area (Å²) in [5.41, 5.74) is 2.49. The van der Waals surface area contributed by atoms with E-state index in [4.69, 9.17) is 14.2 Å². The van der Waals surface area contributed by atoms with E-state index in [-0.39, 0.29) is 18.1 Å². The molecule has 0 aliphatic heterocycles. The second kappa shape index (κ2) is 12.1. The minimum atomic E-state index is -0.576. The van der Waals surface area contributed by atoms with Gasteiger partial charge in [-0.05, 0) is 66.8 Å². The predicted molar refractivity (Wildman–Crippen MR) is 140 cm³/mol. The average Bonchev–Trinajstić information content (AvgIpc) is 3.39. The molecule has 2 N–H and O–H groups in total. The van der Waals surface area contributed by atoms with Crippen molar-refractivity contribution in [2.45, 2.75) is 49.7 Å². The Labute approximate surface area is 209 Å². The fraction of sp³-hybridized carbons (Fsp3) is 0.400. The fourth-order valence-electron chi connectivity index (χ4n) is 5.10. The maximum atomic E-state index is 10.7. The predicted octanol–water partition coefficient (Wildman–Crippen LogP) is 5.57. The van der Waals surface area contributed by atoms with Gasteiger partial charge in [0, 0.05) is 18.0 Å². The molecule has 4 rings (SSSR count). The smallest absolute Gasteiger partial charge is 0.119 e. The van der Waals surface area contributed by atoms with Crippen molar-refractivity contribution in [3.63, 3.8) is 0 Å². The summed E-state index contributed by atoms with van der Waals surface area (Å²) in [4.78, 5) is 0.